The molecular weight excluding hydrogens is 249 g/mol. The van der Waals surface area contributed by atoms with Gasteiger partial charge in [0.15, 0.2) is 0 Å². The quantitative estimate of drug-likeness (QED) is 0.749. The van der Waals surface area contributed by atoms with Crippen LogP contribution < -0.4 is 5.32 Å². The average molecular weight is 267 g/mol. The van der Waals surface area contributed by atoms with E-state index in [1.165, 1.54) is 12.1 Å². The summed E-state index contributed by atoms with van der Waals surface area (Å²) in [5, 5.41) is 21.5. The molecule has 3 atom stereocenters. The first kappa shape index (κ1) is 14.0. The highest BCUT2D eigenvalue weighted by atomic mass is 19.1. The number of carbonyl (C=O) groups excluding carboxylic acids is 1. The number of hydrogen-bond acceptors (Lipinski definition) is 3. The Bertz CT molecular complexity index is 435. The molecule has 0 spiro atoms. The lowest BCUT2D eigenvalue weighted by Crippen LogP contribution is -2.34. The number of benzene rings is 1. The molecule has 0 aliphatic heterocycles. The fraction of sp³-hybridized carbons (Fsp3) is 0.500. The number of hydrogen-bond donors (Lipinski definition) is 3. The van der Waals surface area contributed by atoms with Crippen LogP contribution in [0.2, 0.25) is 0 Å². The van der Waals surface area contributed by atoms with Gasteiger partial charge in [0.25, 0.3) is 0 Å². The van der Waals surface area contributed by atoms with Crippen LogP contribution in [-0.4, -0.2) is 34.9 Å². The zero-order chi connectivity index (χ0) is 13.8. The smallest absolute Gasteiger partial charge is 0.224 e. The number of rotatable bonds is 4. The lowest BCUT2D eigenvalue weighted by atomic mass is 10.1. The Morgan fingerprint density at radius 1 is 1.32 bits per heavy atom. The maximum atomic E-state index is 12.7. The zero-order valence-electron chi connectivity index (χ0n) is 10.6. The third kappa shape index (κ3) is 3.75. The van der Waals surface area contributed by atoms with Crippen LogP contribution in [0, 0.1) is 11.7 Å². The lowest BCUT2D eigenvalue weighted by molar-refractivity contribution is -0.121. The van der Waals surface area contributed by atoms with E-state index in [0.717, 1.165) is 5.56 Å². The highest BCUT2D eigenvalue weighted by molar-refractivity contribution is 5.78. The maximum Gasteiger partial charge on any atom is 0.224 e. The number of nitrogens with one attached hydrogen (secondary N) is 1. The van der Waals surface area contributed by atoms with Gasteiger partial charge in [-0.25, -0.2) is 4.39 Å². The van der Waals surface area contributed by atoms with Gasteiger partial charge in [0.2, 0.25) is 5.91 Å². The molecule has 5 heteroatoms. The molecule has 1 aromatic carbocycles. The SMILES string of the molecule is O=C(Cc1ccc(F)cc1)N[C@H]1C[C@H](CO)[C@@H](O)C1. The highest BCUT2D eigenvalue weighted by Gasteiger charge is 2.33. The minimum atomic E-state index is -0.555. The molecule has 19 heavy (non-hydrogen) atoms. The van der Waals surface area contributed by atoms with Crippen LogP contribution in [0.3, 0.4) is 0 Å². The molecule has 1 aliphatic rings. The van der Waals surface area contributed by atoms with Crippen LogP contribution in [0.5, 0.6) is 0 Å². The van der Waals surface area contributed by atoms with E-state index in [0.29, 0.717) is 12.8 Å². The second kappa shape index (κ2) is 6.12. The number of halogens is 1. The largest absolute Gasteiger partial charge is 0.396 e. The minimum absolute atomic E-state index is 0.0640. The topological polar surface area (TPSA) is 69.6 Å². The number of aliphatic hydroxyl groups excluding tert-OH is 2. The first-order valence-electron chi connectivity index (χ1n) is 6.41. The Morgan fingerprint density at radius 2 is 2.00 bits per heavy atom. The van der Waals surface area contributed by atoms with Gasteiger partial charge in [-0.15, -0.1) is 0 Å². The standard InChI is InChI=1S/C14H18FNO3/c15-11-3-1-9(2-4-11)5-14(19)16-12-6-10(8-17)13(18)7-12/h1-4,10,12-13,17-18H,5-8H2,(H,16,19)/t10-,12+,13+/m1/s1. The van der Waals surface area contributed by atoms with Crippen molar-refractivity contribution < 1.29 is 19.4 Å². The van der Waals surface area contributed by atoms with E-state index in [-0.39, 0.29) is 36.7 Å². The fourth-order valence-corrected chi connectivity index (χ4v) is 2.48. The molecule has 0 aromatic heterocycles. The average Bonchev–Trinajstić information content (AvgIpc) is 2.72. The van der Waals surface area contributed by atoms with Crippen LogP contribution in [-0.2, 0) is 11.2 Å². The van der Waals surface area contributed by atoms with Gasteiger partial charge in [-0.1, -0.05) is 12.1 Å². The van der Waals surface area contributed by atoms with Gasteiger partial charge < -0.3 is 15.5 Å². The Kier molecular flexibility index (Phi) is 4.50. The molecule has 0 radical (unpaired) electrons. The van der Waals surface area contributed by atoms with Crippen molar-refractivity contribution in [1.29, 1.82) is 0 Å². The van der Waals surface area contributed by atoms with Gasteiger partial charge in [-0.3, -0.25) is 4.79 Å². The van der Waals surface area contributed by atoms with Crippen molar-refractivity contribution in [2.24, 2.45) is 5.92 Å². The molecule has 104 valence electrons. The molecule has 1 aliphatic carbocycles. The van der Waals surface area contributed by atoms with Gasteiger partial charge in [0.1, 0.15) is 5.82 Å². The van der Waals surface area contributed by atoms with E-state index >= 15 is 0 Å². The van der Waals surface area contributed by atoms with Crippen molar-refractivity contribution in [2.75, 3.05) is 6.61 Å². The summed E-state index contributed by atoms with van der Waals surface area (Å²) in [6.45, 7) is -0.0640. The first-order chi connectivity index (χ1) is 9.08. The van der Waals surface area contributed by atoms with Gasteiger partial charge in [0, 0.05) is 18.6 Å². The van der Waals surface area contributed by atoms with Gasteiger partial charge in [-0.05, 0) is 30.5 Å². The second-order valence-corrected chi connectivity index (χ2v) is 5.05. The van der Waals surface area contributed by atoms with Crippen molar-refractivity contribution >= 4 is 5.91 Å². The van der Waals surface area contributed by atoms with Crippen LogP contribution in [0.15, 0.2) is 24.3 Å². The number of carbonyl (C=O) groups is 1. The number of aliphatic hydroxyl groups is 2. The van der Waals surface area contributed by atoms with E-state index in [4.69, 9.17) is 5.11 Å². The van der Waals surface area contributed by atoms with Crippen molar-refractivity contribution in [2.45, 2.75) is 31.4 Å². The molecule has 1 saturated carbocycles. The summed E-state index contributed by atoms with van der Waals surface area (Å²) < 4.78 is 12.7. The van der Waals surface area contributed by atoms with E-state index < -0.39 is 6.10 Å². The van der Waals surface area contributed by atoms with E-state index in [1.54, 1.807) is 12.1 Å². The molecule has 1 aromatic rings. The summed E-state index contributed by atoms with van der Waals surface area (Å²) in [7, 11) is 0. The molecule has 0 unspecified atom stereocenters. The summed E-state index contributed by atoms with van der Waals surface area (Å²) in [6, 6.07) is 5.71. The summed E-state index contributed by atoms with van der Waals surface area (Å²) in [5.41, 5.74) is 0.746. The van der Waals surface area contributed by atoms with Crippen LogP contribution in [0.4, 0.5) is 4.39 Å². The van der Waals surface area contributed by atoms with Gasteiger partial charge in [0.05, 0.1) is 12.5 Å². The first-order valence-corrected chi connectivity index (χ1v) is 6.41. The normalized spacial score (nSPS) is 26.4. The molecule has 0 heterocycles. The van der Waals surface area contributed by atoms with Crippen LogP contribution in [0.1, 0.15) is 18.4 Å². The van der Waals surface area contributed by atoms with E-state index in [9.17, 15) is 14.3 Å². The molecular formula is C14H18FNO3. The monoisotopic (exact) mass is 267 g/mol. The fourth-order valence-electron chi connectivity index (χ4n) is 2.48. The second-order valence-electron chi connectivity index (χ2n) is 5.05. The summed E-state index contributed by atoms with van der Waals surface area (Å²) in [4.78, 5) is 11.8. The van der Waals surface area contributed by atoms with Crippen LogP contribution >= 0.6 is 0 Å². The van der Waals surface area contributed by atoms with Crippen LogP contribution in [0.25, 0.3) is 0 Å². The predicted molar refractivity (Wildman–Crippen MR) is 67.9 cm³/mol. The summed E-state index contributed by atoms with van der Waals surface area (Å²) >= 11 is 0. The Morgan fingerprint density at radius 3 is 2.58 bits per heavy atom. The van der Waals surface area contributed by atoms with E-state index in [2.05, 4.69) is 5.32 Å². The molecule has 1 fully saturated rings. The maximum absolute atomic E-state index is 12.7. The van der Waals surface area contributed by atoms with Gasteiger partial charge >= 0.3 is 0 Å². The molecule has 1 amide bonds. The molecule has 4 nitrogen and oxygen atoms in total. The Labute approximate surface area is 111 Å². The van der Waals surface area contributed by atoms with Crippen molar-refractivity contribution in [3.63, 3.8) is 0 Å². The Balaban J connectivity index is 1.83. The molecule has 0 bridgehead atoms. The Hall–Kier alpha value is -1.46. The third-order valence-electron chi connectivity index (χ3n) is 3.53. The molecule has 0 saturated heterocycles. The highest BCUT2D eigenvalue weighted by Crippen LogP contribution is 2.25. The van der Waals surface area contributed by atoms with Crippen molar-refractivity contribution in [1.82, 2.24) is 5.32 Å². The van der Waals surface area contributed by atoms with Crippen molar-refractivity contribution in [3.05, 3.63) is 35.6 Å². The number of amides is 1. The third-order valence-corrected chi connectivity index (χ3v) is 3.53. The molecule has 2 rings (SSSR count). The molecule has 3 N–H and O–H groups in total. The summed E-state index contributed by atoms with van der Waals surface area (Å²) in [5.74, 6) is -0.632. The summed E-state index contributed by atoms with van der Waals surface area (Å²) in [6.07, 6.45) is 0.699. The zero-order valence-corrected chi connectivity index (χ0v) is 10.6. The van der Waals surface area contributed by atoms with Gasteiger partial charge in [-0.2, -0.15) is 0 Å². The lowest BCUT2D eigenvalue weighted by Gasteiger charge is -2.12. The predicted octanol–water partition coefficient (Wildman–Crippen LogP) is 0.616. The minimum Gasteiger partial charge on any atom is -0.396 e. The van der Waals surface area contributed by atoms with Crippen molar-refractivity contribution in [3.8, 4) is 0 Å². The van der Waals surface area contributed by atoms with E-state index in [1.807, 2.05) is 0 Å².